The number of aromatic nitrogens is 2. The predicted molar refractivity (Wildman–Crippen MR) is 96.4 cm³/mol. The summed E-state index contributed by atoms with van der Waals surface area (Å²) < 4.78 is 7.04. The van der Waals surface area contributed by atoms with Gasteiger partial charge in [0.2, 0.25) is 0 Å². The molecule has 0 aliphatic heterocycles. The Morgan fingerprint density at radius 3 is 2.75 bits per heavy atom. The largest absolute Gasteiger partial charge is 0.497 e. The second-order valence-corrected chi connectivity index (χ2v) is 6.03. The van der Waals surface area contributed by atoms with Gasteiger partial charge < -0.3 is 10.1 Å². The van der Waals surface area contributed by atoms with Crippen LogP contribution in [0, 0.1) is 0 Å². The van der Waals surface area contributed by atoms with Crippen molar-refractivity contribution < 1.29 is 9.53 Å². The van der Waals surface area contributed by atoms with E-state index in [0.29, 0.717) is 10.8 Å². The molecule has 0 bridgehead atoms. The van der Waals surface area contributed by atoms with Gasteiger partial charge in [-0.25, -0.2) is 0 Å². The van der Waals surface area contributed by atoms with E-state index in [9.17, 15) is 4.79 Å². The molecule has 3 aromatic rings. The Kier molecular flexibility index (Phi) is 4.44. The van der Waals surface area contributed by atoms with E-state index in [0.717, 1.165) is 22.3 Å². The lowest BCUT2D eigenvalue weighted by molar-refractivity contribution is -0.119. The van der Waals surface area contributed by atoms with Crippen LogP contribution < -0.4 is 10.1 Å². The normalized spacial score (nSPS) is 12.2. The molecular formula is C18H18ClN3O2. The van der Waals surface area contributed by atoms with Crippen LogP contribution in [0.3, 0.4) is 0 Å². The molecule has 0 radical (unpaired) electrons. The van der Waals surface area contributed by atoms with Crippen LogP contribution in [0.5, 0.6) is 5.75 Å². The van der Waals surface area contributed by atoms with Crippen LogP contribution in [-0.4, -0.2) is 22.7 Å². The quantitative estimate of drug-likeness (QED) is 0.736. The Labute approximate surface area is 145 Å². The Hall–Kier alpha value is -2.53. The third-order valence-corrected chi connectivity index (χ3v) is 4.19. The van der Waals surface area contributed by atoms with Crippen molar-refractivity contribution in [2.45, 2.75) is 19.9 Å². The number of rotatable bonds is 5. The number of fused-ring (bicyclic) bond motifs is 1. The van der Waals surface area contributed by atoms with E-state index >= 15 is 0 Å². The van der Waals surface area contributed by atoms with Crippen molar-refractivity contribution in [2.75, 3.05) is 12.4 Å². The molecule has 24 heavy (non-hydrogen) atoms. The van der Waals surface area contributed by atoms with Crippen molar-refractivity contribution in [1.82, 2.24) is 9.78 Å². The number of halogens is 1. The van der Waals surface area contributed by atoms with Gasteiger partial charge in [-0.2, -0.15) is 5.10 Å². The van der Waals surface area contributed by atoms with Crippen LogP contribution in [0.25, 0.3) is 10.9 Å². The number of Topliss-reactive ketones (excluding diaryl/α,β-unsaturated/α-hetero) is 1. The van der Waals surface area contributed by atoms with E-state index < -0.39 is 0 Å². The maximum absolute atomic E-state index is 11.8. The molecule has 3 rings (SSSR count). The number of nitrogens with zero attached hydrogens (tertiary/aromatic N) is 2. The number of ether oxygens (including phenoxy) is 1. The Bertz CT molecular complexity index is 904. The van der Waals surface area contributed by atoms with Crippen LogP contribution in [0.2, 0.25) is 5.02 Å². The number of nitrogens with one attached hydrogen (secondary N) is 1. The molecule has 1 unspecified atom stereocenters. The maximum atomic E-state index is 11.8. The molecule has 5 nitrogen and oxygen atoms in total. The van der Waals surface area contributed by atoms with Gasteiger partial charge in [-0.15, -0.1) is 0 Å². The summed E-state index contributed by atoms with van der Waals surface area (Å²) in [5.74, 6) is 1.43. The second kappa shape index (κ2) is 6.53. The van der Waals surface area contributed by atoms with E-state index in [2.05, 4.69) is 10.4 Å². The standard InChI is InChI=1S/C18H18ClN3O2/c1-11(12(2)23)22-17-8-7-15(24-3)10-16(17)18(21-22)20-14-6-4-5-13(19)9-14/h4-11H,1-3H3,(H,20,21). The van der Waals surface area contributed by atoms with Gasteiger partial charge in [-0.1, -0.05) is 17.7 Å². The van der Waals surface area contributed by atoms with Gasteiger partial charge in [-0.05, 0) is 50.2 Å². The Morgan fingerprint density at radius 2 is 2.08 bits per heavy atom. The third-order valence-electron chi connectivity index (χ3n) is 3.96. The van der Waals surface area contributed by atoms with Gasteiger partial charge in [0.25, 0.3) is 0 Å². The summed E-state index contributed by atoms with van der Waals surface area (Å²) in [5, 5.41) is 9.38. The van der Waals surface area contributed by atoms with Crippen LogP contribution in [0.1, 0.15) is 19.9 Å². The highest BCUT2D eigenvalue weighted by Gasteiger charge is 2.18. The minimum Gasteiger partial charge on any atom is -0.497 e. The molecule has 1 heterocycles. The highest BCUT2D eigenvalue weighted by molar-refractivity contribution is 6.30. The van der Waals surface area contributed by atoms with Crippen LogP contribution in [0.4, 0.5) is 11.5 Å². The fourth-order valence-corrected chi connectivity index (χ4v) is 2.70. The molecule has 1 N–H and O–H groups in total. The number of hydrogen-bond donors (Lipinski definition) is 1. The zero-order valence-electron chi connectivity index (χ0n) is 13.7. The average molecular weight is 344 g/mol. The molecule has 1 atom stereocenters. The Morgan fingerprint density at radius 1 is 1.29 bits per heavy atom. The van der Waals surface area contributed by atoms with Crippen LogP contribution >= 0.6 is 11.6 Å². The van der Waals surface area contributed by atoms with E-state index in [1.54, 1.807) is 18.7 Å². The lowest BCUT2D eigenvalue weighted by Gasteiger charge is -2.09. The van der Waals surface area contributed by atoms with Crippen molar-refractivity contribution in [3.63, 3.8) is 0 Å². The first-order chi connectivity index (χ1) is 11.5. The number of carbonyl (C=O) groups excluding carboxylic acids is 1. The number of benzene rings is 2. The van der Waals surface area contributed by atoms with Gasteiger partial charge in [0.15, 0.2) is 11.6 Å². The molecule has 0 aliphatic carbocycles. The van der Waals surface area contributed by atoms with Gasteiger partial charge in [0, 0.05) is 16.1 Å². The first kappa shape index (κ1) is 16.3. The summed E-state index contributed by atoms with van der Waals surface area (Å²) in [6, 6.07) is 12.7. The zero-order chi connectivity index (χ0) is 17.3. The fourth-order valence-electron chi connectivity index (χ4n) is 2.51. The van der Waals surface area contributed by atoms with Crippen LogP contribution in [-0.2, 0) is 4.79 Å². The highest BCUT2D eigenvalue weighted by atomic mass is 35.5. The molecule has 6 heteroatoms. The number of carbonyl (C=O) groups is 1. The Balaban J connectivity index is 2.13. The minimum atomic E-state index is -0.351. The van der Waals surface area contributed by atoms with E-state index in [4.69, 9.17) is 16.3 Å². The molecule has 0 amide bonds. The average Bonchev–Trinajstić information content (AvgIpc) is 2.91. The van der Waals surface area contributed by atoms with E-state index in [1.807, 2.05) is 49.4 Å². The predicted octanol–water partition coefficient (Wildman–Crippen LogP) is 4.59. The van der Waals surface area contributed by atoms with Crippen molar-refractivity contribution in [3.05, 3.63) is 47.5 Å². The lowest BCUT2D eigenvalue weighted by atomic mass is 10.2. The number of hydrogen-bond acceptors (Lipinski definition) is 4. The van der Waals surface area contributed by atoms with Crippen molar-refractivity contribution in [2.24, 2.45) is 0 Å². The molecule has 124 valence electrons. The highest BCUT2D eigenvalue weighted by Crippen LogP contribution is 2.31. The van der Waals surface area contributed by atoms with Crippen molar-refractivity contribution in [3.8, 4) is 5.75 Å². The molecule has 0 spiro atoms. The molecule has 0 saturated heterocycles. The molecule has 0 saturated carbocycles. The monoisotopic (exact) mass is 343 g/mol. The van der Waals surface area contributed by atoms with E-state index in [-0.39, 0.29) is 11.8 Å². The summed E-state index contributed by atoms with van der Waals surface area (Å²) >= 11 is 6.04. The maximum Gasteiger partial charge on any atom is 0.160 e. The second-order valence-electron chi connectivity index (χ2n) is 5.60. The first-order valence-electron chi connectivity index (χ1n) is 7.59. The first-order valence-corrected chi connectivity index (χ1v) is 7.96. The van der Waals surface area contributed by atoms with Crippen molar-refractivity contribution in [1.29, 1.82) is 0 Å². The van der Waals surface area contributed by atoms with Gasteiger partial charge in [-0.3, -0.25) is 9.48 Å². The zero-order valence-corrected chi connectivity index (χ0v) is 14.5. The third kappa shape index (κ3) is 3.08. The number of anilines is 2. The SMILES string of the molecule is COc1ccc2c(c1)c(Nc1cccc(Cl)c1)nn2C(C)C(C)=O. The molecule has 0 fully saturated rings. The van der Waals surface area contributed by atoms with Gasteiger partial charge in [0.1, 0.15) is 11.8 Å². The summed E-state index contributed by atoms with van der Waals surface area (Å²) in [6.45, 7) is 3.40. The number of methoxy groups -OCH3 is 1. The summed E-state index contributed by atoms with van der Waals surface area (Å²) in [4.78, 5) is 11.8. The molecule has 1 aromatic heterocycles. The minimum absolute atomic E-state index is 0.0459. The van der Waals surface area contributed by atoms with Gasteiger partial charge in [0.05, 0.1) is 12.6 Å². The van der Waals surface area contributed by atoms with E-state index in [1.165, 1.54) is 0 Å². The summed E-state index contributed by atoms with van der Waals surface area (Å²) in [6.07, 6.45) is 0. The lowest BCUT2D eigenvalue weighted by Crippen LogP contribution is -2.14. The fraction of sp³-hybridized carbons (Fsp3) is 0.222. The van der Waals surface area contributed by atoms with Crippen LogP contribution in [0.15, 0.2) is 42.5 Å². The van der Waals surface area contributed by atoms with Crippen molar-refractivity contribution >= 4 is 39.8 Å². The number of ketones is 1. The molecular weight excluding hydrogens is 326 g/mol. The smallest absolute Gasteiger partial charge is 0.160 e. The van der Waals surface area contributed by atoms with Gasteiger partial charge >= 0.3 is 0 Å². The topological polar surface area (TPSA) is 56.1 Å². The molecule has 0 aliphatic rings. The summed E-state index contributed by atoms with van der Waals surface area (Å²) in [7, 11) is 1.62. The summed E-state index contributed by atoms with van der Waals surface area (Å²) in [5.41, 5.74) is 1.69. The molecule has 2 aromatic carbocycles.